The number of carboxylic acid groups (broad SMARTS) is 1. The predicted octanol–water partition coefficient (Wildman–Crippen LogP) is 0.280. The van der Waals surface area contributed by atoms with Gasteiger partial charge in [-0.05, 0) is 18.8 Å². The van der Waals surface area contributed by atoms with Gasteiger partial charge in [-0.2, -0.15) is 0 Å². The van der Waals surface area contributed by atoms with Gasteiger partial charge in [0.2, 0.25) is 0 Å². The molecule has 0 aromatic heterocycles. The Morgan fingerprint density at radius 1 is 1.41 bits per heavy atom. The van der Waals surface area contributed by atoms with Crippen LogP contribution in [0.15, 0.2) is 0 Å². The minimum atomic E-state index is -0.923. The number of likely N-dealkylation sites (tertiary alicyclic amines) is 1. The van der Waals surface area contributed by atoms with Crippen LogP contribution < -0.4 is 5.32 Å². The third kappa shape index (κ3) is 2.52. The van der Waals surface area contributed by atoms with Crippen LogP contribution in [0.25, 0.3) is 0 Å². The van der Waals surface area contributed by atoms with E-state index in [2.05, 4.69) is 5.32 Å². The van der Waals surface area contributed by atoms with E-state index < -0.39 is 12.0 Å². The van der Waals surface area contributed by atoms with Gasteiger partial charge in [0, 0.05) is 13.2 Å². The van der Waals surface area contributed by atoms with Gasteiger partial charge >= 0.3 is 12.0 Å². The third-order valence-corrected chi connectivity index (χ3v) is 3.47. The van der Waals surface area contributed by atoms with E-state index in [1.165, 1.54) is 4.90 Å². The van der Waals surface area contributed by atoms with Gasteiger partial charge < -0.3 is 20.1 Å². The molecule has 2 saturated heterocycles. The largest absolute Gasteiger partial charge is 0.480 e. The first-order chi connectivity index (χ1) is 8.09. The summed E-state index contributed by atoms with van der Waals surface area (Å²) in [6.45, 7) is 3.55. The number of amides is 2. The van der Waals surface area contributed by atoms with Crippen LogP contribution in [0.2, 0.25) is 0 Å². The molecule has 3 atom stereocenters. The molecule has 2 N–H and O–H groups in total. The van der Waals surface area contributed by atoms with Gasteiger partial charge in [-0.3, -0.25) is 0 Å². The van der Waals surface area contributed by atoms with Crippen molar-refractivity contribution in [2.45, 2.75) is 31.8 Å². The van der Waals surface area contributed by atoms with Crippen LogP contribution in [0.4, 0.5) is 4.79 Å². The Hall–Kier alpha value is -1.30. The Morgan fingerprint density at radius 3 is 2.76 bits per heavy atom. The van der Waals surface area contributed by atoms with Gasteiger partial charge in [0.1, 0.15) is 6.04 Å². The van der Waals surface area contributed by atoms with Crippen molar-refractivity contribution >= 4 is 12.0 Å². The number of ether oxygens (including phenoxy) is 1. The summed E-state index contributed by atoms with van der Waals surface area (Å²) in [7, 11) is 0. The molecule has 96 valence electrons. The van der Waals surface area contributed by atoms with Crippen LogP contribution in [-0.4, -0.2) is 53.8 Å². The summed E-state index contributed by atoms with van der Waals surface area (Å²) in [6, 6.07) is -0.956. The molecule has 0 radical (unpaired) electrons. The first-order valence-corrected chi connectivity index (χ1v) is 5.97. The number of hydrogen-bond acceptors (Lipinski definition) is 3. The smallest absolute Gasteiger partial charge is 0.326 e. The van der Waals surface area contributed by atoms with Crippen LogP contribution in [0.1, 0.15) is 19.8 Å². The number of nitrogens with zero attached hydrogens (tertiary/aromatic N) is 1. The third-order valence-electron chi connectivity index (χ3n) is 3.47. The van der Waals surface area contributed by atoms with E-state index in [9.17, 15) is 9.59 Å². The summed E-state index contributed by atoms with van der Waals surface area (Å²) in [5.41, 5.74) is 0. The highest BCUT2D eigenvalue weighted by molar-refractivity contribution is 5.83. The zero-order valence-electron chi connectivity index (χ0n) is 9.89. The van der Waals surface area contributed by atoms with Crippen LogP contribution in [-0.2, 0) is 9.53 Å². The van der Waals surface area contributed by atoms with E-state index in [-0.39, 0.29) is 18.0 Å². The Labute approximate surface area is 99.9 Å². The zero-order valence-corrected chi connectivity index (χ0v) is 9.89. The Morgan fingerprint density at radius 2 is 2.18 bits per heavy atom. The molecule has 17 heavy (non-hydrogen) atoms. The second-order valence-electron chi connectivity index (χ2n) is 4.75. The van der Waals surface area contributed by atoms with Crippen molar-refractivity contribution in [1.29, 1.82) is 0 Å². The molecule has 0 aromatic rings. The van der Waals surface area contributed by atoms with Gasteiger partial charge in [-0.25, -0.2) is 9.59 Å². The number of rotatable bonds is 2. The molecule has 6 heteroatoms. The van der Waals surface area contributed by atoms with Gasteiger partial charge in [-0.1, -0.05) is 6.92 Å². The molecule has 0 spiro atoms. The van der Waals surface area contributed by atoms with E-state index in [1.807, 2.05) is 6.92 Å². The molecular formula is C11H18N2O4. The highest BCUT2D eigenvalue weighted by Crippen LogP contribution is 2.24. The quantitative estimate of drug-likeness (QED) is 0.729. The zero-order chi connectivity index (χ0) is 12.4. The average molecular weight is 242 g/mol. The van der Waals surface area contributed by atoms with Gasteiger partial charge in [0.05, 0.1) is 12.6 Å². The second-order valence-corrected chi connectivity index (χ2v) is 4.75. The van der Waals surface area contributed by atoms with E-state index >= 15 is 0 Å². The molecule has 2 fully saturated rings. The van der Waals surface area contributed by atoms with Crippen LogP contribution in [0, 0.1) is 5.92 Å². The fourth-order valence-corrected chi connectivity index (χ4v) is 2.46. The Kier molecular flexibility index (Phi) is 3.51. The maximum atomic E-state index is 12.0. The summed E-state index contributed by atoms with van der Waals surface area (Å²) >= 11 is 0. The topological polar surface area (TPSA) is 78.9 Å². The maximum Gasteiger partial charge on any atom is 0.326 e. The van der Waals surface area contributed by atoms with Crippen molar-refractivity contribution < 1.29 is 19.4 Å². The summed E-state index contributed by atoms with van der Waals surface area (Å²) in [4.78, 5) is 24.5. The van der Waals surface area contributed by atoms with Crippen molar-refractivity contribution in [3.05, 3.63) is 0 Å². The van der Waals surface area contributed by atoms with Crippen LogP contribution in [0.5, 0.6) is 0 Å². The second kappa shape index (κ2) is 4.91. The Balaban J connectivity index is 1.95. The molecule has 3 unspecified atom stereocenters. The molecule has 2 heterocycles. The molecule has 0 aliphatic carbocycles. The number of hydrogen-bond donors (Lipinski definition) is 2. The SMILES string of the molecule is CC1CCN(C(=O)NC2CCOC2)C1C(=O)O. The van der Waals surface area contributed by atoms with Crippen molar-refractivity contribution in [1.82, 2.24) is 10.2 Å². The van der Waals surface area contributed by atoms with Crippen LogP contribution >= 0.6 is 0 Å². The number of carbonyl (C=O) groups is 2. The first kappa shape index (κ1) is 12.2. The molecule has 2 aliphatic heterocycles. The summed E-state index contributed by atoms with van der Waals surface area (Å²) in [5, 5.41) is 11.9. The van der Waals surface area contributed by atoms with Gasteiger partial charge in [0.15, 0.2) is 0 Å². The number of aliphatic carboxylic acids is 1. The Bertz CT molecular complexity index is 315. The lowest BCUT2D eigenvalue weighted by molar-refractivity contribution is -0.142. The lowest BCUT2D eigenvalue weighted by Crippen LogP contribution is -2.50. The van der Waals surface area contributed by atoms with E-state index in [0.717, 1.165) is 12.8 Å². The fourth-order valence-electron chi connectivity index (χ4n) is 2.46. The molecule has 2 rings (SSSR count). The minimum Gasteiger partial charge on any atom is -0.480 e. The van der Waals surface area contributed by atoms with Gasteiger partial charge in [-0.15, -0.1) is 0 Å². The summed E-state index contributed by atoms with van der Waals surface area (Å²) in [5.74, 6) is -0.911. The molecule has 6 nitrogen and oxygen atoms in total. The molecule has 0 saturated carbocycles. The number of carbonyl (C=O) groups excluding carboxylic acids is 1. The molecule has 2 aliphatic rings. The van der Waals surface area contributed by atoms with Gasteiger partial charge in [0.25, 0.3) is 0 Å². The van der Waals surface area contributed by atoms with E-state index in [4.69, 9.17) is 9.84 Å². The van der Waals surface area contributed by atoms with E-state index in [1.54, 1.807) is 0 Å². The number of nitrogens with one attached hydrogen (secondary N) is 1. The molecular weight excluding hydrogens is 224 g/mol. The number of carboxylic acids is 1. The minimum absolute atomic E-state index is 0.0121. The van der Waals surface area contributed by atoms with E-state index in [0.29, 0.717) is 19.8 Å². The first-order valence-electron chi connectivity index (χ1n) is 5.97. The van der Waals surface area contributed by atoms with Crippen LogP contribution in [0.3, 0.4) is 0 Å². The average Bonchev–Trinajstić information content (AvgIpc) is 2.86. The highest BCUT2D eigenvalue weighted by Gasteiger charge is 2.40. The normalized spacial score (nSPS) is 32.8. The molecule has 0 aromatic carbocycles. The molecule has 2 amide bonds. The molecule has 0 bridgehead atoms. The highest BCUT2D eigenvalue weighted by atomic mass is 16.5. The summed E-state index contributed by atoms with van der Waals surface area (Å²) < 4.78 is 5.17. The lowest BCUT2D eigenvalue weighted by Gasteiger charge is -2.25. The standard InChI is InChI=1S/C11H18N2O4/c1-7-2-4-13(9(7)10(14)15)11(16)12-8-3-5-17-6-8/h7-9H,2-6H2,1H3,(H,12,16)(H,14,15). The van der Waals surface area contributed by atoms with Crippen molar-refractivity contribution in [2.24, 2.45) is 5.92 Å². The van der Waals surface area contributed by atoms with Crippen molar-refractivity contribution in [3.8, 4) is 0 Å². The fraction of sp³-hybridized carbons (Fsp3) is 0.818. The predicted molar refractivity (Wildman–Crippen MR) is 59.7 cm³/mol. The monoisotopic (exact) mass is 242 g/mol. The van der Waals surface area contributed by atoms with Crippen molar-refractivity contribution in [3.63, 3.8) is 0 Å². The van der Waals surface area contributed by atoms with Crippen molar-refractivity contribution in [2.75, 3.05) is 19.8 Å². The maximum absolute atomic E-state index is 12.0. The summed E-state index contributed by atoms with van der Waals surface area (Å²) in [6.07, 6.45) is 1.54. The number of urea groups is 1. The lowest BCUT2D eigenvalue weighted by atomic mass is 10.0.